The second-order valence-electron chi connectivity index (χ2n) is 5.38. The highest BCUT2D eigenvalue weighted by Gasteiger charge is 2.24. The zero-order valence-electron chi connectivity index (χ0n) is 11.6. The third-order valence-corrected chi connectivity index (χ3v) is 3.96. The Morgan fingerprint density at radius 2 is 1.89 bits per heavy atom. The molecule has 1 saturated carbocycles. The number of nitrogens with one attached hydrogen (secondary N) is 1. The van der Waals surface area contributed by atoms with Crippen molar-refractivity contribution in [1.82, 2.24) is 15.1 Å². The van der Waals surface area contributed by atoms with Crippen molar-refractivity contribution in [2.75, 3.05) is 39.8 Å². The molecule has 6 heteroatoms. The van der Waals surface area contributed by atoms with E-state index in [0.717, 1.165) is 26.2 Å². The molecule has 0 atom stereocenters. The lowest BCUT2D eigenvalue weighted by Crippen LogP contribution is -2.49. The Bertz CT molecular complexity index is 315. The van der Waals surface area contributed by atoms with Crippen LogP contribution in [0.5, 0.6) is 0 Å². The maximum atomic E-state index is 12.0. The fraction of sp³-hybridized carbons (Fsp3) is 0.846. The minimum Gasteiger partial charge on any atom is -0.339 e. The molecule has 0 unspecified atom stereocenters. The molecule has 1 saturated heterocycles. The van der Waals surface area contributed by atoms with Gasteiger partial charge in [-0.15, -0.1) is 12.4 Å². The average Bonchev–Trinajstić information content (AvgIpc) is 2.34. The van der Waals surface area contributed by atoms with E-state index in [9.17, 15) is 9.59 Å². The molecule has 2 aliphatic rings. The second-order valence-corrected chi connectivity index (χ2v) is 5.38. The van der Waals surface area contributed by atoms with E-state index in [4.69, 9.17) is 0 Å². The second kappa shape index (κ2) is 7.70. The number of halogens is 1. The molecule has 1 N–H and O–H groups in total. The van der Waals surface area contributed by atoms with Crippen LogP contribution in [0.4, 0.5) is 0 Å². The highest BCUT2D eigenvalue weighted by molar-refractivity contribution is 5.85. The third-order valence-electron chi connectivity index (χ3n) is 3.96. The predicted molar refractivity (Wildman–Crippen MR) is 76.3 cm³/mol. The van der Waals surface area contributed by atoms with Crippen molar-refractivity contribution in [1.29, 1.82) is 0 Å². The Hall–Kier alpha value is -0.810. The van der Waals surface area contributed by atoms with E-state index in [1.807, 2.05) is 4.90 Å². The lowest BCUT2D eigenvalue weighted by atomic mass is 9.83. The summed E-state index contributed by atoms with van der Waals surface area (Å²) in [6.45, 7) is 3.44. The molecule has 0 bridgehead atoms. The average molecular weight is 290 g/mol. The van der Waals surface area contributed by atoms with Crippen LogP contribution in [0.3, 0.4) is 0 Å². The molecule has 2 rings (SSSR count). The quantitative estimate of drug-likeness (QED) is 0.819. The molecule has 1 aliphatic heterocycles. The van der Waals surface area contributed by atoms with Crippen molar-refractivity contribution < 1.29 is 9.59 Å². The van der Waals surface area contributed by atoms with Gasteiger partial charge in [0.15, 0.2) is 0 Å². The summed E-state index contributed by atoms with van der Waals surface area (Å²) < 4.78 is 0. The molecule has 0 aromatic rings. The largest absolute Gasteiger partial charge is 0.339 e. The van der Waals surface area contributed by atoms with Crippen LogP contribution < -0.4 is 5.32 Å². The fourth-order valence-corrected chi connectivity index (χ4v) is 2.41. The monoisotopic (exact) mass is 289 g/mol. The van der Waals surface area contributed by atoms with Crippen LogP contribution in [0.15, 0.2) is 0 Å². The molecule has 19 heavy (non-hydrogen) atoms. The number of nitrogens with zero attached hydrogens (tertiary/aromatic N) is 2. The van der Waals surface area contributed by atoms with Crippen LogP contribution in [-0.4, -0.2) is 61.4 Å². The van der Waals surface area contributed by atoms with Crippen LogP contribution >= 0.6 is 12.4 Å². The Morgan fingerprint density at radius 3 is 2.42 bits per heavy atom. The van der Waals surface area contributed by atoms with Gasteiger partial charge in [-0.1, -0.05) is 6.42 Å². The first-order valence-electron chi connectivity index (χ1n) is 6.89. The van der Waals surface area contributed by atoms with Crippen LogP contribution in [0.1, 0.15) is 25.7 Å². The minimum absolute atomic E-state index is 0. The predicted octanol–water partition coefficient (Wildman–Crippen LogP) is 0.489. The molecule has 0 radical (unpaired) electrons. The smallest absolute Gasteiger partial charge is 0.242 e. The highest BCUT2D eigenvalue weighted by atomic mass is 35.5. The van der Waals surface area contributed by atoms with Gasteiger partial charge < -0.3 is 15.1 Å². The number of carbonyl (C=O) groups excluding carboxylic acids is 2. The maximum Gasteiger partial charge on any atom is 0.242 e. The molecular weight excluding hydrogens is 266 g/mol. The summed E-state index contributed by atoms with van der Waals surface area (Å²) in [7, 11) is 1.74. The number of piperazine rings is 1. The molecule has 0 aromatic carbocycles. The molecule has 1 aliphatic carbocycles. The van der Waals surface area contributed by atoms with E-state index in [0.29, 0.717) is 12.3 Å². The molecule has 2 fully saturated rings. The lowest BCUT2D eigenvalue weighted by molar-refractivity contribution is -0.140. The van der Waals surface area contributed by atoms with Crippen molar-refractivity contribution in [2.24, 2.45) is 5.92 Å². The molecule has 5 nitrogen and oxygen atoms in total. The summed E-state index contributed by atoms with van der Waals surface area (Å²) >= 11 is 0. The van der Waals surface area contributed by atoms with Crippen LogP contribution in [-0.2, 0) is 9.59 Å². The minimum atomic E-state index is 0. The van der Waals surface area contributed by atoms with Gasteiger partial charge >= 0.3 is 0 Å². The molecular formula is C13H24ClN3O2. The summed E-state index contributed by atoms with van der Waals surface area (Å²) in [6.07, 6.45) is 4.21. The van der Waals surface area contributed by atoms with Gasteiger partial charge in [-0.25, -0.2) is 0 Å². The highest BCUT2D eigenvalue weighted by Crippen LogP contribution is 2.29. The van der Waals surface area contributed by atoms with Gasteiger partial charge in [0.05, 0.1) is 6.54 Å². The molecule has 1 heterocycles. The van der Waals surface area contributed by atoms with Crippen molar-refractivity contribution >= 4 is 24.2 Å². The van der Waals surface area contributed by atoms with E-state index < -0.39 is 0 Å². The van der Waals surface area contributed by atoms with Crippen molar-refractivity contribution in [3.63, 3.8) is 0 Å². The zero-order valence-corrected chi connectivity index (χ0v) is 12.4. The summed E-state index contributed by atoms with van der Waals surface area (Å²) in [5.41, 5.74) is 0. The van der Waals surface area contributed by atoms with Gasteiger partial charge in [-0.2, -0.15) is 0 Å². The standard InChI is InChI=1S/C13H23N3O2.ClH/c1-15(12(17)9-11-3-2-4-11)10-13(18)16-7-5-14-6-8-16;/h11,14H,2-10H2,1H3;1H. The van der Waals surface area contributed by atoms with Crippen molar-refractivity contribution in [3.05, 3.63) is 0 Å². The number of likely N-dealkylation sites (N-methyl/N-ethyl adjacent to an activating group) is 1. The van der Waals surface area contributed by atoms with E-state index in [1.165, 1.54) is 19.3 Å². The normalized spacial score (nSPS) is 19.3. The SMILES string of the molecule is CN(CC(=O)N1CCNCC1)C(=O)CC1CCC1.Cl. The van der Waals surface area contributed by atoms with E-state index >= 15 is 0 Å². The molecule has 2 amide bonds. The van der Waals surface area contributed by atoms with Gasteiger partial charge in [0.25, 0.3) is 0 Å². The summed E-state index contributed by atoms with van der Waals surface area (Å²) in [6, 6.07) is 0. The van der Waals surface area contributed by atoms with Crippen molar-refractivity contribution in [2.45, 2.75) is 25.7 Å². The van der Waals surface area contributed by atoms with Crippen LogP contribution in [0, 0.1) is 5.92 Å². The van der Waals surface area contributed by atoms with Gasteiger partial charge in [0.2, 0.25) is 11.8 Å². The summed E-state index contributed by atoms with van der Waals surface area (Å²) in [4.78, 5) is 27.3. The zero-order chi connectivity index (χ0) is 13.0. The van der Waals surface area contributed by atoms with Crippen LogP contribution in [0.25, 0.3) is 0 Å². The maximum absolute atomic E-state index is 12.0. The number of rotatable bonds is 4. The first-order valence-corrected chi connectivity index (χ1v) is 6.89. The number of carbonyl (C=O) groups is 2. The Morgan fingerprint density at radius 1 is 1.26 bits per heavy atom. The number of hydrogen-bond acceptors (Lipinski definition) is 3. The first-order chi connectivity index (χ1) is 8.66. The Kier molecular flexibility index (Phi) is 6.58. The van der Waals surface area contributed by atoms with E-state index in [1.54, 1.807) is 11.9 Å². The Labute approximate surface area is 121 Å². The van der Waals surface area contributed by atoms with Crippen LogP contribution in [0.2, 0.25) is 0 Å². The first kappa shape index (κ1) is 16.2. The van der Waals surface area contributed by atoms with Gasteiger partial charge in [0.1, 0.15) is 0 Å². The van der Waals surface area contributed by atoms with Crippen molar-refractivity contribution in [3.8, 4) is 0 Å². The van der Waals surface area contributed by atoms with Gasteiger partial charge in [0, 0.05) is 39.6 Å². The van der Waals surface area contributed by atoms with Gasteiger partial charge in [-0.05, 0) is 18.8 Å². The molecule has 0 aromatic heterocycles. The van der Waals surface area contributed by atoms with E-state index in [2.05, 4.69) is 5.32 Å². The fourth-order valence-electron chi connectivity index (χ4n) is 2.41. The topological polar surface area (TPSA) is 52.7 Å². The number of amides is 2. The Balaban J connectivity index is 0.00000180. The molecule has 110 valence electrons. The lowest BCUT2D eigenvalue weighted by Gasteiger charge is -2.30. The van der Waals surface area contributed by atoms with E-state index in [-0.39, 0.29) is 30.8 Å². The number of hydrogen-bond donors (Lipinski definition) is 1. The summed E-state index contributed by atoms with van der Waals surface area (Å²) in [5.74, 6) is 0.749. The molecule has 0 spiro atoms. The summed E-state index contributed by atoms with van der Waals surface area (Å²) in [5, 5.41) is 3.21. The third kappa shape index (κ3) is 4.66. The van der Waals surface area contributed by atoms with Gasteiger partial charge in [-0.3, -0.25) is 9.59 Å².